The third kappa shape index (κ3) is 3.60. The summed E-state index contributed by atoms with van der Waals surface area (Å²) < 4.78 is 40.9. The van der Waals surface area contributed by atoms with Crippen LogP contribution in [-0.2, 0) is 13.2 Å². The summed E-state index contributed by atoms with van der Waals surface area (Å²) in [5.74, 6) is 0.396. The molecule has 0 aromatic carbocycles. The molecule has 5 nitrogen and oxygen atoms in total. The van der Waals surface area contributed by atoms with E-state index in [1.165, 1.54) is 18.4 Å². The maximum atomic E-state index is 12.9. The number of aromatic nitrogens is 4. The lowest BCUT2D eigenvalue weighted by molar-refractivity contribution is -0.141. The summed E-state index contributed by atoms with van der Waals surface area (Å²) in [6.07, 6.45) is 1.78. The Balaban J connectivity index is 1.64. The molecular formula is C18H18F3N5S. The maximum Gasteiger partial charge on any atom is 0.433 e. The van der Waals surface area contributed by atoms with Crippen LogP contribution in [0.3, 0.4) is 0 Å². The minimum absolute atomic E-state index is 0.00722. The van der Waals surface area contributed by atoms with Crippen LogP contribution in [0.5, 0.6) is 0 Å². The number of pyridine rings is 1. The van der Waals surface area contributed by atoms with Gasteiger partial charge in [-0.15, -0.1) is 0 Å². The molecule has 3 aromatic rings. The molecule has 1 aliphatic rings. The van der Waals surface area contributed by atoms with E-state index in [1.54, 1.807) is 0 Å². The van der Waals surface area contributed by atoms with Crippen molar-refractivity contribution in [3.8, 4) is 0 Å². The van der Waals surface area contributed by atoms with Crippen molar-refractivity contribution in [3.05, 3.63) is 41.5 Å². The number of nitrogens with two attached hydrogens (primary N) is 1. The molecular weight excluding hydrogens is 375 g/mol. The maximum absolute atomic E-state index is 12.9. The lowest BCUT2D eigenvalue weighted by Crippen LogP contribution is -2.11. The van der Waals surface area contributed by atoms with Crippen LogP contribution in [-0.4, -0.2) is 19.5 Å². The van der Waals surface area contributed by atoms with Gasteiger partial charge in [0.15, 0.2) is 10.9 Å². The molecule has 142 valence electrons. The van der Waals surface area contributed by atoms with E-state index < -0.39 is 11.9 Å². The van der Waals surface area contributed by atoms with Gasteiger partial charge in [0.1, 0.15) is 5.82 Å². The molecule has 9 heteroatoms. The van der Waals surface area contributed by atoms with Gasteiger partial charge in [-0.05, 0) is 37.3 Å². The van der Waals surface area contributed by atoms with Crippen molar-refractivity contribution in [2.45, 2.75) is 42.3 Å². The van der Waals surface area contributed by atoms with Crippen LogP contribution in [0.25, 0.3) is 10.9 Å². The highest BCUT2D eigenvalue weighted by molar-refractivity contribution is 7.99. The zero-order chi connectivity index (χ0) is 19.3. The predicted molar refractivity (Wildman–Crippen MR) is 98.4 cm³/mol. The van der Waals surface area contributed by atoms with E-state index in [0.717, 1.165) is 34.4 Å². The van der Waals surface area contributed by atoms with Gasteiger partial charge in [-0.1, -0.05) is 11.8 Å². The van der Waals surface area contributed by atoms with Crippen LogP contribution in [0.1, 0.15) is 47.9 Å². The quantitative estimate of drug-likeness (QED) is 0.514. The van der Waals surface area contributed by atoms with Gasteiger partial charge in [-0.2, -0.15) is 13.2 Å². The van der Waals surface area contributed by atoms with E-state index in [1.807, 2.05) is 26.2 Å². The summed E-state index contributed by atoms with van der Waals surface area (Å²) in [5, 5.41) is 0.929. The number of anilines is 1. The molecule has 0 saturated heterocycles. The number of halogens is 3. The molecule has 0 aliphatic heterocycles. The number of thioether (sulfide) groups is 1. The highest BCUT2D eigenvalue weighted by atomic mass is 32.2. The number of nitrogen functional groups attached to an aromatic ring is 1. The van der Waals surface area contributed by atoms with Gasteiger partial charge in [-0.3, -0.25) is 4.98 Å². The Morgan fingerprint density at radius 2 is 2.00 bits per heavy atom. The molecule has 1 unspecified atom stereocenters. The van der Waals surface area contributed by atoms with Crippen LogP contribution in [0.15, 0.2) is 29.7 Å². The zero-order valence-corrected chi connectivity index (χ0v) is 15.6. The monoisotopic (exact) mass is 393 g/mol. The Hall–Kier alpha value is -2.29. The van der Waals surface area contributed by atoms with Crippen molar-refractivity contribution in [2.24, 2.45) is 7.05 Å². The van der Waals surface area contributed by atoms with Gasteiger partial charge < -0.3 is 10.3 Å². The summed E-state index contributed by atoms with van der Waals surface area (Å²) in [6.45, 7) is 1.87. The number of fused-ring (bicyclic) bond motifs is 1. The lowest BCUT2D eigenvalue weighted by Gasteiger charge is -2.12. The number of hydrogen-bond acceptors (Lipinski definition) is 5. The van der Waals surface area contributed by atoms with Gasteiger partial charge in [0, 0.05) is 24.7 Å². The molecule has 0 amide bonds. The second-order valence-corrected chi connectivity index (χ2v) is 8.12. The average Bonchev–Trinajstić information content (AvgIpc) is 3.38. The summed E-state index contributed by atoms with van der Waals surface area (Å²) in [6, 6.07) is 2.77. The van der Waals surface area contributed by atoms with Crippen molar-refractivity contribution < 1.29 is 13.2 Å². The molecule has 1 aliphatic carbocycles. The number of hydrogen-bond donors (Lipinski definition) is 1. The summed E-state index contributed by atoms with van der Waals surface area (Å²) in [5.41, 5.74) is 7.63. The molecule has 3 heterocycles. The van der Waals surface area contributed by atoms with Gasteiger partial charge >= 0.3 is 6.18 Å². The van der Waals surface area contributed by atoms with E-state index in [2.05, 4.69) is 25.7 Å². The third-order valence-electron chi connectivity index (χ3n) is 4.66. The number of nitrogens with zero attached hydrogens (tertiary/aromatic N) is 4. The Morgan fingerprint density at radius 3 is 2.67 bits per heavy atom. The fourth-order valence-corrected chi connectivity index (χ4v) is 4.00. The number of alkyl halides is 3. The topological polar surface area (TPSA) is 69.6 Å². The fraction of sp³-hybridized carbons (Fsp3) is 0.389. The van der Waals surface area contributed by atoms with Crippen molar-refractivity contribution in [1.29, 1.82) is 0 Å². The average molecular weight is 393 g/mol. The molecule has 0 radical (unpaired) electrons. The second-order valence-electron chi connectivity index (χ2n) is 6.81. The third-order valence-corrected chi connectivity index (χ3v) is 5.65. The van der Waals surface area contributed by atoms with E-state index in [9.17, 15) is 13.2 Å². The fourth-order valence-electron chi connectivity index (χ4n) is 3.13. The number of aryl methyl sites for hydroxylation is 1. The Kier molecular flexibility index (Phi) is 4.29. The molecule has 4 rings (SSSR count). The number of rotatable bonds is 4. The Labute approximate surface area is 158 Å². The minimum Gasteiger partial charge on any atom is -0.384 e. The van der Waals surface area contributed by atoms with Gasteiger partial charge in [0.25, 0.3) is 0 Å². The molecule has 1 saturated carbocycles. The lowest BCUT2D eigenvalue weighted by atomic mass is 10.1. The van der Waals surface area contributed by atoms with Gasteiger partial charge in [-0.25, -0.2) is 9.97 Å². The van der Waals surface area contributed by atoms with Crippen LogP contribution >= 0.6 is 11.8 Å². The zero-order valence-electron chi connectivity index (χ0n) is 14.8. The SMILES string of the molecule is CC(Sc1nc(N)cc(C(F)(F)F)n1)c1cc2c(C3CC3)cn(C)c2cn1. The molecule has 0 bridgehead atoms. The van der Waals surface area contributed by atoms with Gasteiger partial charge in [0.2, 0.25) is 0 Å². The minimum atomic E-state index is -4.56. The van der Waals surface area contributed by atoms with Gasteiger partial charge in [0.05, 0.1) is 22.7 Å². The van der Waals surface area contributed by atoms with E-state index >= 15 is 0 Å². The Morgan fingerprint density at radius 1 is 1.26 bits per heavy atom. The first kappa shape index (κ1) is 18.1. The first-order valence-corrected chi connectivity index (χ1v) is 9.43. The molecule has 27 heavy (non-hydrogen) atoms. The Bertz CT molecular complexity index is 1010. The first-order valence-electron chi connectivity index (χ1n) is 8.55. The van der Waals surface area contributed by atoms with Crippen molar-refractivity contribution in [1.82, 2.24) is 19.5 Å². The normalized spacial score (nSPS) is 16.0. The van der Waals surface area contributed by atoms with Crippen molar-refractivity contribution in [2.75, 3.05) is 5.73 Å². The predicted octanol–water partition coefficient (Wildman–Crippen LogP) is 4.70. The summed E-state index contributed by atoms with van der Waals surface area (Å²) >= 11 is 1.11. The van der Waals surface area contributed by atoms with Crippen LogP contribution < -0.4 is 5.73 Å². The van der Waals surface area contributed by atoms with E-state index in [4.69, 9.17) is 5.73 Å². The molecule has 1 fully saturated rings. The van der Waals surface area contributed by atoms with E-state index in [0.29, 0.717) is 5.92 Å². The smallest absolute Gasteiger partial charge is 0.384 e. The van der Waals surface area contributed by atoms with Crippen molar-refractivity contribution in [3.63, 3.8) is 0 Å². The second kappa shape index (κ2) is 6.40. The highest BCUT2D eigenvalue weighted by Crippen LogP contribution is 2.44. The van der Waals surface area contributed by atoms with E-state index in [-0.39, 0.29) is 16.2 Å². The van der Waals surface area contributed by atoms with Crippen LogP contribution in [0.4, 0.5) is 19.0 Å². The molecule has 3 aromatic heterocycles. The first-order chi connectivity index (χ1) is 12.7. The molecule has 1 atom stereocenters. The van der Waals surface area contributed by atoms with Crippen LogP contribution in [0.2, 0.25) is 0 Å². The summed E-state index contributed by atoms with van der Waals surface area (Å²) in [4.78, 5) is 12.0. The molecule has 2 N–H and O–H groups in total. The van der Waals surface area contributed by atoms with Crippen LogP contribution in [0, 0.1) is 0 Å². The highest BCUT2D eigenvalue weighted by Gasteiger charge is 2.34. The summed E-state index contributed by atoms with van der Waals surface area (Å²) in [7, 11) is 1.99. The molecule has 0 spiro atoms. The van der Waals surface area contributed by atoms with Crippen molar-refractivity contribution >= 4 is 28.5 Å². The largest absolute Gasteiger partial charge is 0.433 e. The standard InChI is InChI=1S/C18H18F3N5S/c1-9(27-17-24-15(18(19,20)21)6-16(22)25-17)13-5-11-12(10-3-4-10)8-26(2)14(11)7-23-13/h5-10H,3-4H2,1-2H3,(H2,22,24,25).